The van der Waals surface area contributed by atoms with Gasteiger partial charge in [-0.2, -0.15) is 0 Å². The van der Waals surface area contributed by atoms with Gasteiger partial charge >= 0.3 is 0 Å². The van der Waals surface area contributed by atoms with E-state index in [0.29, 0.717) is 17.8 Å². The highest BCUT2D eigenvalue weighted by atomic mass is 35.5. The molecule has 0 radical (unpaired) electrons. The van der Waals surface area contributed by atoms with Crippen LogP contribution in [-0.2, 0) is 6.42 Å². The van der Waals surface area contributed by atoms with Crippen molar-refractivity contribution in [2.75, 3.05) is 7.11 Å². The first kappa shape index (κ1) is 19.2. The minimum absolute atomic E-state index is 0.0105. The van der Waals surface area contributed by atoms with Gasteiger partial charge in [-0.3, -0.25) is 0 Å². The van der Waals surface area contributed by atoms with E-state index in [2.05, 4.69) is 31.2 Å². The third kappa shape index (κ3) is 3.12. The maximum atomic E-state index is 11.3. The van der Waals surface area contributed by atoms with E-state index in [0.717, 1.165) is 35.6 Å². The molecule has 2 nitrogen and oxygen atoms in total. The number of aryl methyl sites for hydroxylation is 1. The Morgan fingerprint density at radius 2 is 1.93 bits per heavy atom. The third-order valence-corrected chi connectivity index (χ3v) is 8.28. The van der Waals surface area contributed by atoms with E-state index in [-0.39, 0.29) is 11.5 Å². The van der Waals surface area contributed by atoms with E-state index in [9.17, 15) is 5.11 Å². The molecule has 0 aliphatic heterocycles. The molecule has 0 saturated heterocycles. The van der Waals surface area contributed by atoms with Crippen molar-refractivity contribution in [2.24, 2.45) is 17.3 Å². The fourth-order valence-electron chi connectivity index (χ4n) is 6.46. The minimum atomic E-state index is -0.346. The normalized spacial score (nSPS) is 34.4. The van der Waals surface area contributed by atoms with Crippen LogP contribution in [0, 0.1) is 17.3 Å². The largest absolute Gasteiger partial charge is 0.497 e. The summed E-state index contributed by atoms with van der Waals surface area (Å²) in [5.41, 5.74) is 5.30. The van der Waals surface area contributed by atoms with Crippen LogP contribution >= 0.6 is 11.6 Å². The second-order valence-electron chi connectivity index (χ2n) is 9.40. The minimum Gasteiger partial charge on any atom is -0.497 e. The molecule has 5 rings (SSSR count). The van der Waals surface area contributed by atoms with Gasteiger partial charge in [-0.25, -0.2) is 0 Å². The molecule has 0 heterocycles. The van der Waals surface area contributed by atoms with Gasteiger partial charge in [-0.05, 0) is 96.4 Å². The van der Waals surface area contributed by atoms with Gasteiger partial charge in [0.1, 0.15) is 5.75 Å². The van der Waals surface area contributed by atoms with Crippen LogP contribution in [0.3, 0.4) is 0 Å². The Bertz CT molecular complexity index is 948. The smallest absolute Gasteiger partial charge is 0.119 e. The van der Waals surface area contributed by atoms with E-state index in [1.165, 1.54) is 29.5 Å². The van der Waals surface area contributed by atoms with Crippen molar-refractivity contribution >= 4 is 17.7 Å². The molecule has 152 valence electrons. The number of aliphatic hydroxyl groups excluding tert-OH is 1. The average molecular weight is 409 g/mol. The number of halogens is 1. The van der Waals surface area contributed by atoms with Crippen molar-refractivity contribution in [1.29, 1.82) is 0 Å². The molecule has 0 spiro atoms. The summed E-state index contributed by atoms with van der Waals surface area (Å²) in [5.74, 6) is 2.78. The van der Waals surface area contributed by atoms with Crippen LogP contribution in [0.25, 0.3) is 6.08 Å². The number of benzene rings is 2. The van der Waals surface area contributed by atoms with E-state index in [4.69, 9.17) is 16.3 Å². The molecule has 2 aromatic rings. The van der Waals surface area contributed by atoms with Crippen LogP contribution in [0.2, 0.25) is 5.02 Å². The summed E-state index contributed by atoms with van der Waals surface area (Å²) in [6, 6.07) is 14.6. The average Bonchev–Trinajstić information content (AvgIpc) is 2.99. The predicted octanol–water partition coefficient (Wildman–Crippen LogP) is 6.26. The highest BCUT2D eigenvalue weighted by Crippen LogP contribution is 2.62. The van der Waals surface area contributed by atoms with Crippen LogP contribution in [-0.4, -0.2) is 18.3 Å². The quantitative estimate of drug-likeness (QED) is 0.635. The molecule has 2 saturated carbocycles. The zero-order valence-electron chi connectivity index (χ0n) is 17.2. The molecule has 29 heavy (non-hydrogen) atoms. The highest BCUT2D eigenvalue weighted by molar-refractivity contribution is 6.30. The first-order valence-corrected chi connectivity index (χ1v) is 11.2. The van der Waals surface area contributed by atoms with E-state index in [1.807, 2.05) is 24.3 Å². The van der Waals surface area contributed by atoms with Crippen LogP contribution in [0.5, 0.6) is 5.75 Å². The van der Waals surface area contributed by atoms with Crippen LogP contribution in [0.1, 0.15) is 55.2 Å². The third-order valence-electron chi connectivity index (χ3n) is 8.02. The number of hydrogen-bond donors (Lipinski definition) is 1. The Labute approximate surface area is 178 Å². The number of hydrogen-bond acceptors (Lipinski definition) is 2. The van der Waals surface area contributed by atoms with Gasteiger partial charge < -0.3 is 9.84 Å². The Hall–Kier alpha value is -1.77. The molecule has 0 aromatic heterocycles. The molecule has 5 unspecified atom stereocenters. The van der Waals surface area contributed by atoms with Crippen molar-refractivity contribution in [2.45, 2.75) is 51.0 Å². The molecular weight excluding hydrogens is 380 g/mol. The number of methoxy groups -OCH3 is 1. The summed E-state index contributed by atoms with van der Waals surface area (Å²) in [7, 11) is 1.74. The number of rotatable bonds is 2. The topological polar surface area (TPSA) is 29.5 Å². The van der Waals surface area contributed by atoms with Crippen molar-refractivity contribution in [3.05, 3.63) is 69.8 Å². The summed E-state index contributed by atoms with van der Waals surface area (Å²) < 4.78 is 5.44. The van der Waals surface area contributed by atoms with Gasteiger partial charge in [0, 0.05) is 10.4 Å². The lowest BCUT2D eigenvalue weighted by Crippen LogP contribution is -2.44. The molecular formula is C26H29ClO2. The maximum Gasteiger partial charge on any atom is 0.119 e. The van der Waals surface area contributed by atoms with E-state index in [1.54, 1.807) is 7.11 Å². The van der Waals surface area contributed by atoms with Crippen molar-refractivity contribution in [1.82, 2.24) is 0 Å². The molecule has 5 atom stereocenters. The summed E-state index contributed by atoms with van der Waals surface area (Å²) in [5, 5.41) is 12.1. The summed E-state index contributed by atoms with van der Waals surface area (Å²) in [6.45, 7) is 2.32. The van der Waals surface area contributed by atoms with Crippen molar-refractivity contribution in [3.8, 4) is 5.75 Å². The van der Waals surface area contributed by atoms with Gasteiger partial charge in [-0.15, -0.1) is 0 Å². The maximum absolute atomic E-state index is 11.3. The zero-order valence-corrected chi connectivity index (χ0v) is 18.0. The lowest BCUT2D eigenvalue weighted by atomic mass is 9.55. The number of ether oxygens (including phenoxy) is 1. The van der Waals surface area contributed by atoms with Gasteiger partial charge in [-0.1, -0.05) is 42.8 Å². The molecule has 3 aliphatic carbocycles. The van der Waals surface area contributed by atoms with Gasteiger partial charge in [0.15, 0.2) is 0 Å². The lowest BCUT2D eigenvalue weighted by molar-refractivity contribution is -0.0158. The van der Waals surface area contributed by atoms with E-state index >= 15 is 0 Å². The molecule has 0 amide bonds. The molecule has 1 N–H and O–H groups in total. The first-order valence-electron chi connectivity index (χ1n) is 10.8. The predicted molar refractivity (Wildman–Crippen MR) is 118 cm³/mol. The van der Waals surface area contributed by atoms with Crippen LogP contribution in [0.4, 0.5) is 0 Å². The number of aliphatic hydroxyl groups is 1. The molecule has 2 fully saturated rings. The molecule has 3 aliphatic rings. The fourth-order valence-corrected chi connectivity index (χ4v) is 6.58. The van der Waals surface area contributed by atoms with E-state index < -0.39 is 0 Å². The standard InChI is InChI=1S/C26H29ClO2/c1-26-12-11-22-21-10-8-20(29-2)14-17(21)5-9-23(22)24(26)15-18(25(26)28)13-16-3-6-19(27)7-4-16/h3-4,6-8,10,13-14,22-25,28H,5,9,11-12,15H2,1-2H3/b18-13+. The summed E-state index contributed by atoms with van der Waals surface area (Å²) in [4.78, 5) is 0. The molecule has 0 bridgehead atoms. The Balaban J connectivity index is 1.46. The molecule has 3 heteroatoms. The first-order chi connectivity index (χ1) is 14.0. The lowest BCUT2D eigenvalue weighted by Gasteiger charge is -2.49. The van der Waals surface area contributed by atoms with Crippen LogP contribution in [0.15, 0.2) is 48.0 Å². The Kier molecular flexibility index (Phi) is 4.75. The number of fused-ring (bicyclic) bond motifs is 5. The van der Waals surface area contributed by atoms with Gasteiger partial charge in [0.2, 0.25) is 0 Å². The van der Waals surface area contributed by atoms with Crippen LogP contribution < -0.4 is 4.74 Å². The van der Waals surface area contributed by atoms with Gasteiger partial charge in [0.05, 0.1) is 13.2 Å². The summed E-state index contributed by atoms with van der Waals surface area (Å²) >= 11 is 6.04. The SMILES string of the molecule is COc1ccc2c(c1)CCC1C2CCC2(C)C(O)/C(=C/c3ccc(Cl)cc3)CC12. The highest BCUT2D eigenvalue weighted by Gasteiger charge is 2.56. The van der Waals surface area contributed by atoms with Crippen molar-refractivity contribution < 1.29 is 9.84 Å². The fraction of sp³-hybridized carbons (Fsp3) is 0.462. The van der Waals surface area contributed by atoms with Gasteiger partial charge in [0.25, 0.3) is 0 Å². The Morgan fingerprint density at radius 3 is 2.69 bits per heavy atom. The van der Waals surface area contributed by atoms with Crippen molar-refractivity contribution in [3.63, 3.8) is 0 Å². The monoisotopic (exact) mass is 408 g/mol. The molecule has 2 aromatic carbocycles. The second-order valence-corrected chi connectivity index (χ2v) is 9.84. The zero-order chi connectivity index (χ0) is 20.2. The second kappa shape index (κ2) is 7.18. The Morgan fingerprint density at radius 1 is 1.14 bits per heavy atom. The summed E-state index contributed by atoms with van der Waals surface area (Å²) in [6.07, 6.45) is 7.44.